The molecule has 0 aliphatic rings. The number of rotatable bonds is 8. The van der Waals surface area contributed by atoms with Crippen LogP contribution < -0.4 is 17.2 Å². The summed E-state index contributed by atoms with van der Waals surface area (Å²) >= 11 is 0. The van der Waals surface area contributed by atoms with Crippen LogP contribution in [0.4, 0.5) is 0 Å². The Morgan fingerprint density at radius 2 is 1.48 bits per heavy atom. The highest BCUT2D eigenvalue weighted by Gasteiger charge is 2.29. The number of carboxylic acid groups (broad SMARTS) is 1. The molecule has 122 valence electrons. The first-order valence-corrected chi connectivity index (χ1v) is 6.44. The molecule has 0 saturated heterocycles. The molecule has 0 heterocycles. The topological polar surface area (TPSA) is 168 Å². The van der Waals surface area contributed by atoms with Gasteiger partial charge in [0.25, 0.3) is 0 Å². The maximum absolute atomic E-state index is 11.6. The van der Waals surface area contributed by atoms with Gasteiger partial charge in [0.2, 0.25) is 0 Å². The molecule has 0 unspecified atom stereocenters. The van der Waals surface area contributed by atoms with Gasteiger partial charge in [-0.3, -0.25) is 4.79 Å². The van der Waals surface area contributed by atoms with Crippen LogP contribution in [-0.2, 0) is 23.9 Å². The average Bonchev–Trinajstić information content (AvgIpc) is 2.41. The van der Waals surface area contributed by atoms with E-state index in [1.807, 2.05) is 0 Å². The molecule has 7 N–H and O–H groups in total. The molecule has 21 heavy (non-hydrogen) atoms. The Hall–Kier alpha value is -1.55. The Balaban J connectivity index is 4.37. The summed E-state index contributed by atoms with van der Waals surface area (Å²) in [5.74, 6) is -3.30. The summed E-state index contributed by atoms with van der Waals surface area (Å²) in [7, 11) is 0. The van der Waals surface area contributed by atoms with Crippen molar-refractivity contribution in [3.05, 3.63) is 0 Å². The molecule has 0 aromatic rings. The summed E-state index contributed by atoms with van der Waals surface area (Å²) in [6.07, 6.45) is -0.869. The van der Waals surface area contributed by atoms with Gasteiger partial charge in [-0.15, -0.1) is 0 Å². The summed E-state index contributed by atoms with van der Waals surface area (Å²) in [4.78, 5) is 33.7. The van der Waals surface area contributed by atoms with E-state index in [1.165, 1.54) is 6.92 Å². The second kappa shape index (κ2) is 8.67. The van der Waals surface area contributed by atoms with E-state index in [4.69, 9.17) is 27.0 Å². The van der Waals surface area contributed by atoms with E-state index in [1.54, 1.807) is 13.8 Å². The molecular formula is C12H23N3O6. The van der Waals surface area contributed by atoms with Crippen molar-refractivity contribution < 1.29 is 29.0 Å². The fourth-order valence-corrected chi connectivity index (χ4v) is 1.13. The van der Waals surface area contributed by atoms with Crippen molar-refractivity contribution in [2.45, 2.75) is 45.0 Å². The number of ether oxygens (including phenoxy) is 2. The predicted molar refractivity (Wildman–Crippen MR) is 72.9 cm³/mol. The van der Waals surface area contributed by atoms with E-state index in [0.29, 0.717) is 0 Å². The van der Waals surface area contributed by atoms with Crippen LogP contribution in [0.5, 0.6) is 0 Å². The first kappa shape index (κ1) is 19.4. The number of hydrogen-bond acceptors (Lipinski definition) is 8. The standard InChI is InChI=1S/C12H23N3O6/c1-5(2)8(14)11(18)21-12(19)9(15)6(3)20-4-7(13)10(16)17/h5-9H,4,13-15H2,1-3H3,(H,16,17)/t6-,7+,8+,9+/m1/s1. The minimum atomic E-state index is -1.26. The molecule has 0 fully saturated rings. The highest BCUT2D eigenvalue weighted by molar-refractivity contribution is 5.91. The van der Waals surface area contributed by atoms with Crippen LogP contribution in [0.2, 0.25) is 0 Å². The van der Waals surface area contributed by atoms with Gasteiger partial charge < -0.3 is 31.8 Å². The van der Waals surface area contributed by atoms with E-state index < -0.39 is 42.1 Å². The molecule has 4 atom stereocenters. The Labute approximate surface area is 122 Å². The smallest absolute Gasteiger partial charge is 0.333 e. The van der Waals surface area contributed by atoms with E-state index >= 15 is 0 Å². The number of carboxylic acids is 1. The van der Waals surface area contributed by atoms with Crippen LogP contribution in [0.25, 0.3) is 0 Å². The highest BCUT2D eigenvalue weighted by atomic mass is 16.6. The molecule has 0 spiro atoms. The first-order chi connectivity index (χ1) is 9.57. The van der Waals surface area contributed by atoms with E-state index in [2.05, 4.69) is 4.74 Å². The molecule has 0 aromatic carbocycles. The largest absolute Gasteiger partial charge is 0.480 e. The van der Waals surface area contributed by atoms with Crippen molar-refractivity contribution in [3.63, 3.8) is 0 Å². The number of hydrogen-bond donors (Lipinski definition) is 4. The van der Waals surface area contributed by atoms with Gasteiger partial charge in [-0.05, 0) is 12.8 Å². The van der Waals surface area contributed by atoms with Gasteiger partial charge >= 0.3 is 17.9 Å². The number of nitrogens with two attached hydrogens (primary N) is 3. The van der Waals surface area contributed by atoms with Crippen LogP contribution in [-0.4, -0.2) is 53.9 Å². The van der Waals surface area contributed by atoms with Crippen molar-refractivity contribution in [3.8, 4) is 0 Å². The normalized spacial score (nSPS) is 16.9. The molecular weight excluding hydrogens is 282 g/mol. The summed E-state index contributed by atoms with van der Waals surface area (Å²) in [6, 6.07) is -3.42. The van der Waals surface area contributed by atoms with Crippen molar-refractivity contribution >= 4 is 17.9 Å². The Morgan fingerprint density at radius 3 is 1.90 bits per heavy atom. The Kier molecular flexibility index (Phi) is 8.03. The van der Waals surface area contributed by atoms with Crippen molar-refractivity contribution in [2.24, 2.45) is 23.1 Å². The lowest BCUT2D eigenvalue weighted by Crippen LogP contribution is -2.48. The third-order valence-electron chi connectivity index (χ3n) is 2.83. The number of carbonyl (C=O) groups excluding carboxylic acids is 2. The van der Waals surface area contributed by atoms with Crippen molar-refractivity contribution in [2.75, 3.05) is 6.61 Å². The molecule has 0 bridgehead atoms. The lowest BCUT2D eigenvalue weighted by atomic mass is 10.1. The zero-order chi connectivity index (χ0) is 16.7. The summed E-state index contributed by atoms with van der Waals surface area (Å²) in [6.45, 7) is 4.52. The molecule has 0 aliphatic heterocycles. The van der Waals surface area contributed by atoms with Crippen LogP contribution in [0.1, 0.15) is 20.8 Å². The summed E-state index contributed by atoms with van der Waals surface area (Å²) in [5.41, 5.74) is 16.3. The predicted octanol–water partition coefficient (Wildman–Crippen LogP) is -1.82. The Bertz CT molecular complexity index is 387. The van der Waals surface area contributed by atoms with Gasteiger partial charge in [-0.2, -0.15) is 0 Å². The molecule has 0 amide bonds. The van der Waals surface area contributed by atoms with Gasteiger partial charge in [0.1, 0.15) is 18.1 Å². The average molecular weight is 305 g/mol. The van der Waals surface area contributed by atoms with Gasteiger partial charge in [0.05, 0.1) is 12.7 Å². The fourth-order valence-electron chi connectivity index (χ4n) is 1.13. The summed E-state index contributed by atoms with van der Waals surface area (Å²) in [5, 5.41) is 8.59. The van der Waals surface area contributed by atoms with Gasteiger partial charge in [0.15, 0.2) is 0 Å². The molecule has 9 heteroatoms. The van der Waals surface area contributed by atoms with Crippen LogP contribution in [0, 0.1) is 5.92 Å². The van der Waals surface area contributed by atoms with Crippen molar-refractivity contribution in [1.82, 2.24) is 0 Å². The van der Waals surface area contributed by atoms with Crippen LogP contribution in [0.15, 0.2) is 0 Å². The van der Waals surface area contributed by atoms with E-state index in [-0.39, 0.29) is 12.5 Å². The quantitative estimate of drug-likeness (QED) is 0.298. The molecule has 0 aromatic heterocycles. The molecule has 0 aliphatic carbocycles. The Morgan fingerprint density at radius 1 is 1.00 bits per heavy atom. The lowest BCUT2D eigenvalue weighted by Gasteiger charge is -2.21. The highest BCUT2D eigenvalue weighted by Crippen LogP contribution is 2.04. The van der Waals surface area contributed by atoms with Gasteiger partial charge in [-0.25, -0.2) is 9.59 Å². The number of esters is 2. The monoisotopic (exact) mass is 305 g/mol. The molecule has 0 saturated carbocycles. The third-order valence-corrected chi connectivity index (χ3v) is 2.83. The van der Waals surface area contributed by atoms with Gasteiger partial charge in [0, 0.05) is 0 Å². The lowest BCUT2D eigenvalue weighted by molar-refractivity contribution is -0.164. The molecule has 9 nitrogen and oxygen atoms in total. The second-order valence-electron chi connectivity index (χ2n) is 5.02. The minimum Gasteiger partial charge on any atom is -0.480 e. The zero-order valence-electron chi connectivity index (χ0n) is 12.3. The third kappa shape index (κ3) is 6.63. The summed E-state index contributed by atoms with van der Waals surface area (Å²) < 4.78 is 9.62. The fraction of sp³-hybridized carbons (Fsp3) is 0.750. The van der Waals surface area contributed by atoms with Crippen LogP contribution >= 0.6 is 0 Å². The number of aliphatic carboxylic acids is 1. The molecule has 0 radical (unpaired) electrons. The van der Waals surface area contributed by atoms with Crippen LogP contribution in [0.3, 0.4) is 0 Å². The maximum atomic E-state index is 11.6. The molecule has 0 rings (SSSR count). The zero-order valence-corrected chi connectivity index (χ0v) is 12.3. The van der Waals surface area contributed by atoms with Crippen molar-refractivity contribution in [1.29, 1.82) is 0 Å². The minimum absolute atomic E-state index is 0.191. The first-order valence-electron chi connectivity index (χ1n) is 6.44. The maximum Gasteiger partial charge on any atom is 0.333 e. The number of carbonyl (C=O) groups is 3. The second-order valence-corrected chi connectivity index (χ2v) is 5.02. The van der Waals surface area contributed by atoms with Gasteiger partial charge in [-0.1, -0.05) is 13.8 Å². The van der Waals surface area contributed by atoms with E-state index in [0.717, 1.165) is 0 Å². The SMILES string of the molecule is CC(C)[C@H](N)C(=O)OC(=O)[C@@H](N)[C@@H](C)OC[C@H](N)C(=O)O. The van der Waals surface area contributed by atoms with E-state index in [9.17, 15) is 14.4 Å².